The molecule has 0 unspecified atom stereocenters. The Bertz CT molecular complexity index is 886. The minimum absolute atomic E-state index is 0.124. The van der Waals surface area contributed by atoms with E-state index in [-0.39, 0.29) is 18.0 Å². The van der Waals surface area contributed by atoms with Crippen LogP contribution in [0.25, 0.3) is 10.2 Å². The average Bonchev–Trinajstić information content (AvgIpc) is 2.96. The summed E-state index contributed by atoms with van der Waals surface area (Å²) in [6.07, 6.45) is 0. The third kappa shape index (κ3) is 2.95. The van der Waals surface area contributed by atoms with Crippen molar-refractivity contribution in [1.29, 1.82) is 0 Å². The highest BCUT2D eigenvalue weighted by Crippen LogP contribution is 2.15. The summed E-state index contributed by atoms with van der Waals surface area (Å²) in [7, 11) is 1.68. The zero-order valence-corrected chi connectivity index (χ0v) is 14.1. The predicted molar refractivity (Wildman–Crippen MR) is 90.2 cm³/mol. The fourth-order valence-corrected chi connectivity index (χ4v) is 3.10. The van der Waals surface area contributed by atoms with Gasteiger partial charge in [0, 0.05) is 17.1 Å². The molecular formula is C15H12BrN3O2S. The summed E-state index contributed by atoms with van der Waals surface area (Å²) in [5.41, 5.74) is 1.08. The third-order valence-electron chi connectivity index (χ3n) is 3.19. The van der Waals surface area contributed by atoms with E-state index in [4.69, 9.17) is 0 Å². The van der Waals surface area contributed by atoms with Gasteiger partial charge in [-0.25, -0.2) is 4.98 Å². The van der Waals surface area contributed by atoms with Crippen LogP contribution in [-0.2, 0) is 6.54 Å². The first kappa shape index (κ1) is 14.9. The number of amides is 1. The van der Waals surface area contributed by atoms with Crippen LogP contribution in [0.5, 0.6) is 0 Å². The number of rotatable bonds is 3. The molecule has 0 aliphatic rings. The SMILES string of the molecule is CN(Cc1nc2ccsc2c(=O)[nH]1)C(=O)c1ccc(Br)cc1. The first-order valence-corrected chi connectivity index (χ1v) is 8.19. The van der Waals surface area contributed by atoms with Gasteiger partial charge >= 0.3 is 0 Å². The monoisotopic (exact) mass is 377 g/mol. The van der Waals surface area contributed by atoms with E-state index in [2.05, 4.69) is 25.9 Å². The summed E-state index contributed by atoms with van der Waals surface area (Å²) in [6.45, 7) is 0.246. The van der Waals surface area contributed by atoms with Crippen LogP contribution in [0.2, 0.25) is 0 Å². The van der Waals surface area contributed by atoms with Gasteiger partial charge < -0.3 is 9.88 Å². The largest absolute Gasteiger partial charge is 0.334 e. The minimum atomic E-state index is -0.167. The van der Waals surface area contributed by atoms with Gasteiger partial charge in [0.15, 0.2) is 0 Å². The van der Waals surface area contributed by atoms with E-state index in [0.717, 1.165) is 4.47 Å². The maximum atomic E-state index is 12.4. The Morgan fingerprint density at radius 1 is 1.32 bits per heavy atom. The van der Waals surface area contributed by atoms with Gasteiger partial charge in [0.1, 0.15) is 10.5 Å². The Morgan fingerprint density at radius 2 is 2.05 bits per heavy atom. The van der Waals surface area contributed by atoms with Crippen LogP contribution in [0.15, 0.2) is 45.0 Å². The highest BCUT2D eigenvalue weighted by molar-refractivity contribution is 9.10. The van der Waals surface area contributed by atoms with Gasteiger partial charge in [0.2, 0.25) is 0 Å². The summed E-state index contributed by atoms with van der Waals surface area (Å²) in [5, 5.41) is 1.83. The maximum Gasteiger partial charge on any atom is 0.268 e. The molecule has 0 saturated carbocycles. The van der Waals surface area contributed by atoms with Crippen LogP contribution in [0, 0.1) is 0 Å². The second kappa shape index (κ2) is 6.02. The van der Waals surface area contributed by atoms with Crippen molar-refractivity contribution in [2.75, 3.05) is 7.05 Å². The zero-order valence-electron chi connectivity index (χ0n) is 11.7. The maximum absolute atomic E-state index is 12.4. The first-order valence-electron chi connectivity index (χ1n) is 6.52. The van der Waals surface area contributed by atoms with E-state index in [9.17, 15) is 9.59 Å². The molecule has 1 N–H and O–H groups in total. The number of hydrogen-bond donors (Lipinski definition) is 1. The summed E-state index contributed by atoms with van der Waals surface area (Å²) in [5.74, 6) is 0.351. The highest BCUT2D eigenvalue weighted by atomic mass is 79.9. The molecule has 0 saturated heterocycles. The van der Waals surface area contributed by atoms with Gasteiger partial charge in [0.05, 0.1) is 12.1 Å². The van der Waals surface area contributed by atoms with Crippen molar-refractivity contribution in [2.24, 2.45) is 0 Å². The van der Waals surface area contributed by atoms with Crippen LogP contribution in [0.4, 0.5) is 0 Å². The Balaban J connectivity index is 1.83. The number of fused-ring (bicyclic) bond motifs is 1. The fourth-order valence-electron chi connectivity index (χ4n) is 2.11. The lowest BCUT2D eigenvalue weighted by Gasteiger charge is -2.16. The predicted octanol–water partition coefficient (Wildman–Crippen LogP) is 3.02. The quantitative estimate of drug-likeness (QED) is 0.762. The Hall–Kier alpha value is -1.99. The number of carbonyl (C=O) groups is 1. The summed E-state index contributed by atoms with van der Waals surface area (Å²) < 4.78 is 1.52. The van der Waals surface area contributed by atoms with Crippen LogP contribution in [0.1, 0.15) is 16.2 Å². The molecule has 0 bridgehead atoms. The second-order valence-electron chi connectivity index (χ2n) is 4.82. The van der Waals surface area contributed by atoms with Gasteiger partial charge in [-0.2, -0.15) is 0 Å². The van der Waals surface area contributed by atoms with Crippen molar-refractivity contribution >= 4 is 43.4 Å². The normalized spacial score (nSPS) is 10.8. The van der Waals surface area contributed by atoms with E-state index in [0.29, 0.717) is 21.6 Å². The van der Waals surface area contributed by atoms with Crippen molar-refractivity contribution in [3.63, 3.8) is 0 Å². The molecule has 5 nitrogen and oxygen atoms in total. The van der Waals surface area contributed by atoms with E-state index in [1.54, 1.807) is 25.2 Å². The summed E-state index contributed by atoms with van der Waals surface area (Å²) in [4.78, 5) is 32.9. The van der Waals surface area contributed by atoms with Gasteiger partial charge in [-0.1, -0.05) is 15.9 Å². The van der Waals surface area contributed by atoms with Crippen molar-refractivity contribution in [2.45, 2.75) is 6.54 Å². The van der Waals surface area contributed by atoms with E-state index in [1.165, 1.54) is 16.2 Å². The number of nitrogens with one attached hydrogen (secondary N) is 1. The number of H-pyrrole nitrogens is 1. The third-order valence-corrected chi connectivity index (χ3v) is 4.62. The number of aromatic amines is 1. The molecule has 22 heavy (non-hydrogen) atoms. The van der Waals surface area contributed by atoms with Crippen molar-refractivity contribution in [3.8, 4) is 0 Å². The highest BCUT2D eigenvalue weighted by Gasteiger charge is 2.14. The lowest BCUT2D eigenvalue weighted by Crippen LogP contribution is -2.28. The van der Waals surface area contributed by atoms with Gasteiger partial charge in [-0.15, -0.1) is 11.3 Å². The lowest BCUT2D eigenvalue weighted by atomic mass is 10.2. The number of thiophene rings is 1. The smallest absolute Gasteiger partial charge is 0.268 e. The number of halogens is 1. The molecule has 112 valence electrons. The lowest BCUT2D eigenvalue weighted by molar-refractivity contribution is 0.0781. The molecule has 0 atom stereocenters. The van der Waals surface area contributed by atoms with E-state index in [1.807, 2.05) is 17.5 Å². The summed E-state index contributed by atoms with van der Waals surface area (Å²) in [6, 6.07) is 8.94. The van der Waals surface area contributed by atoms with E-state index < -0.39 is 0 Å². The van der Waals surface area contributed by atoms with Gasteiger partial charge in [0.25, 0.3) is 11.5 Å². The summed E-state index contributed by atoms with van der Waals surface area (Å²) >= 11 is 4.69. The van der Waals surface area contributed by atoms with Crippen LogP contribution >= 0.6 is 27.3 Å². The molecule has 3 rings (SSSR count). The van der Waals surface area contributed by atoms with Crippen LogP contribution < -0.4 is 5.56 Å². The molecule has 0 aliphatic carbocycles. The Kier molecular flexibility index (Phi) is 4.08. The number of hydrogen-bond acceptors (Lipinski definition) is 4. The van der Waals surface area contributed by atoms with E-state index >= 15 is 0 Å². The fraction of sp³-hybridized carbons (Fsp3) is 0.133. The number of aromatic nitrogens is 2. The molecular weight excluding hydrogens is 366 g/mol. The second-order valence-corrected chi connectivity index (χ2v) is 6.65. The molecule has 1 aromatic carbocycles. The molecule has 1 amide bonds. The molecule has 0 fully saturated rings. The first-order chi connectivity index (χ1) is 10.5. The minimum Gasteiger partial charge on any atom is -0.334 e. The standard InChI is InChI=1S/C15H12BrN3O2S/c1-19(15(21)9-2-4-10(16)5-3-9)8-12-17-11-6-7-22-13(11)14(20)18-12/h2-7H,8H2,1H3,(H,17,18,20). The molecule has 0 spiro atoms. The molecule has 3 aromatic rings. The Labute approximate surface area is 138 Å². The van der Waals surface area contributed by atoms with Crippen molar-refractivity contribution in [3.05, 3.63) is 61.9 Å². The Morgan fingerprint density at radius 3 is 2.77 bits per heavy atom. The average molecular weight is 378 g/mol. The zero-order chi connectivity index (χ0) is 15.7. The number of nitrogens with zero attached hydrogens (tertiary/aromatic N) is 2. The van der Waals surface area contributed by atoms with Crippen molar-refractivity contribution < 1.29 is 4.79 Å². The molecule has 2 heterocycles. The molecule has 7 heteroatoms. The molecule has 0 radical (unpaired) electrons. The molecule has 2 aromatic heterocycles. The number of carbonyl (C=O) groups excluding carboxylic acids is 1. The van der Waals surface area contributed by atoms with Crippen LogP contribution in [-0.4, -0.2) is 27.8 Å². The van der Waals surface area contributed by atoms with Crippen LogP contribution in [0.3, 0.4) is 0 Å². The molecule has 0 aliphatic heterocycles. The topological polar surface area (TPSA) is 66.1 Å². The number of benzene rings is 1. The van der Waals surface area contributed by atoms with Gasteiger partial charge in [-0.3, -0.25) is 9.59 Å². The van der Waals surface area contributed by atoms with Gasteiger partial charge in [-0.05, 0) is 35.7 Å². The van der Waals surface area contributed by atoms with Crippen molar-refractivity contribution in [1.82, 2.24) is 14.9 Å².